The number of hydrogen-bond donors (Lipinski definition) is 1. The Balaban J connectivity index is 2.88. The summed E-state index contributed by atoms with van der Waals surface area (Å²) in [5, 5.41) is 9.22. The summed E-state index contributed by atoms with van der Waals surface area (Å²) in [5.74, 6) is 0. The van der Waals surface area contributed by atoms with Crippen LogP contribution in [0.3, 0.4) is 0 Å². The fourth-order valence-electron chi connectivity index (χ4n) is 1.29. The van der Waals surface area contributed by atoms with Gasteiger partial charge >= 0.3 is 0 Å². The molecule has 0 spiro atoms. The minimum absolute atomic E-state index is 0.0742. The molecule has 0 aliphatic heterocycles. The number of hydrogen-bond acceptors (Lipinski definition) is 4. The lowest BCUT2D eigenvalue weighted by molar-refractivity contribution is 0.483. The van der Waals surface area contributed by atoms with Crippen LogP contribution in [-0.4, -0.2) is 13.0 Å². The number of fused-ring (bicyclic) bond motifs is 1. The Hall–Kier alpha value is -1.84. The molecule has 0 saturated heterocycles. The average molecular weight is 223 g/mol. The van der Waals surface area contributed by atoms with E-state index in [1.807, 2.05) is 0 Å². The van der Waals surface area contributed by atoms with E-state index in [0.29, 0.717) is 11.0 Å². The minimum atomic E-state index is -4.30. The molecule has 6 heteroatoms. The van der Waals surface area contributed by atoms with Crippen LogP contribution < -0.4 is 0 Å². The number of nitrogens with zero attached hydrogens (tertiary/aromatic N) is 1. The van der Waals surface area contributed by atoms with Gasteiger partial charge in [-0.3, -0.25) is 4.55 Å². The lowest BCUT2D eigenvalue weighted by atomic mass is 10.2. The highest BCUT2D eigenvalue weighted by Gasteiger charge is 2.14. The first-order chi connectivity index (χ1) is 7.02. The highest BCUT2D eigenvalue weighted by molar-refractivity contribution is 7.85. The molecule has 0 aliphatic rings. The molecule has 5 nitrogen and oxygen atoms in total. The number of nitriles is 1. The molecule has 76 valence electrons. The Morgan fingerprint density at radius 3 is 2.73 bits per heavy atom. The summed E-state index contributed by atoms with van der Waals surface area (Å²) in [6.07, 6.45) is 1.35. The maximum absolute atomic E-state index is 10.9. The molecule has 0 unspecified atom stereocenters. The Kier molecular flexibility index (Phi) is 2.00. The monoisotopic (exact) mass is 223 g/mol. The van der Waals surface area contributed by atoms with Crippen LogP contribution in [0.4, 0.5) is 0 Å². The summed E-state index contributed by atoms with van der Waals surface area (Å²) in [7, 11) is -4.30. The van der Waals surface area contributed by atoms with Gasteiger partial charge in [-0.15, -0.1) is 0 Å². The van der Waals surface area contributed by atoms with E-state index >= 15 is 0 Å². The van der Waals surface area contributed by atoms with Crippen molar-refractivity contribution in [3.8, 4) is 6.07 Å². The van der Waals surface area contributed by atoms with Crippen molar-refractivity contribution < 1.29 is 17.4 Å². The van der Waals surface area contributed by atoms with Gasteiger partial charge in [-0.2, -0.15) is 13.7 Å². The second-order valence-corrected chi connectivity index (χ2v) is 4.32. The molecule has 0 radical (unpaired) electrons. The van der Waals surface area contributed by atoms with Crippen molar-refractivity contribution in [2.75, 3.05) is 0 Å². The molecule has 0 fully saturated rings. The normalized spacial score (nSPS) is 11.5. The van der Waals surface area contributed by atoms with Crippen molar-refractivity contribution >= 4 is 21.1 Å². The van der Waals surface area contributed by atoms with Crippen molar-refractivity contribution in [3.05, 3.63) is 30.0 Å². The van der Waals surface area contributed by atoms with E-state index < -0.39 is 10.1 Å². The average Bonchev–Trinajstić information content (AvgIpc) is 2.62. The third kappa shape index (κ3) is 1.58. The predicted octanol–water partition coefficient (Wildman–Crippen LogP) is 1.55. The third-order valence-electron chi connectivity index (χ3n) is 1.94. The van der Waals surface area contributed by atoms with E-state index in [1.165, 1.54) is 18.4 Å². The van der Waals surface area contributed by atoms with Gasteiger partial charge in [0.05, 0.1) is 16.7 Å². The van der Waals surface area contributed by atoms with Crippen LogP contribution >= 0.6 is 0 Å². The van der Waals surface area contributed by atoms with Crippen LogP contribution in [0.2, 0.25) is 0 Å². The summed E-state index contributed by atoms with van der Waals surface area (Å²) in [6.45, 7) is 0. The molecule has 15 heavy (non-hydrogen) atoms. The molecule has 1 heterocycles. The van der Waals surface area contributed by atoms with Crippen molar-refractivity contribution in [2.24, 2.45) is 0 Å². The molecule has 2 rings (SSSR count). The predicted molar refractivity (Wildman–Crippen MR) is 50.7 cm³/mol. The van der Waals surface area contributed by atoms with Crippen LogP contribution in [0.15, 0.2) is 33.8 Å². The van der Waals surface area contributed by atoms with Crippen LogP contribution in [0.25, 0.3) is 11.0 Å². The van der Waals surface area contributed by atoms with Crippen LogP contribution in [0.5, 0.6) is 0 Å². The molecule has 1 N–H and O–H groups in total. The highest BCUT2D eigenvalue weighted by Crippen LogP contribution is 2.23. The Bertz CT molecular complexity index is 663. The van der Waals surface area contributed by atoms with E-state index in [1.54, 1.807) is 6.07 Å². The molecule has 0 saturated carbocycles. The van der Waals surface area contributed by atoms with Crippen molar-refractivity contribution in [1.29, 1.82) is 5.26 Å². The van der Waals surface area contributed by atoms with E-state index in [0.717, 1.165) is 6.07 Å². The lowest BCUT2D eigenvalue weighted by Crippen LogP contribution is -1.98. The van der Waals surface area contributed by atoms with E-state index in [-0.39, 0.29) is 10.5 Å². The summed E-state index contributed by atoms with van der Waals surface area (Å²) in [4.78, 5) is -0.312. The van der Waals surface area contributed by atoms with Crippen LogP contribution in [0.1, 0.15) is 5.56 Å². The highest BCUT2D eigenvalue weighted by atomic mass is 32.2. The number of benzene rings is 1. The molecule has 0 amide bonds. The molecule has 1 aromatic carbocycles. The first kappa shape index (κ1) is 9.71. The van der Waals surface area contributed by atoms with Crippen LogP contribution in [0, 0.1) is 11.3 Å². The number of rotatable bonds is 1. The van der Waals surface area contributed by atoms with Crippen molar-refractivity contribution in [2.45, 2.75) is 4.90 Å². The molecule has 1 aromatic heterocycles. The summed E-state index contributed by atoms with van der Waals surface area (Å²) in [5.41, 5.74) is 0.384. The van der Waals surface area contributed by atoms with Gasteiger partial charge < -0.3 is 4.42 Å². The SMILES string of the molecule is N#Cc1cc(S(=O)(=O)O)cc2ccoc12. The third-order valence-corrected chi connectivity index (χ3v) is 2.77. The maximum atomic E-state index is 10.9. The van der Waals surface area contributed by atoms with E-state index in [9.17, 15) is 8.42 Å². The van der Waals surface area contributed by atoms with E-state index in [4.69, 9.17) is 14.2 Å². The summed E-state index contributed by atoms with van der Waals surface area (Å²) in [6, 6.07) is 5.63. The lowest BCUT2D eigenvalue weighted by Gasteiger charge is -1.98. The standard InChI is InChI=1S/C9H5NO4S/c10-5-7-4-8(15(11,12)13)3-6-1-2-14-9(6)7/h1-4H,(H,11,12,13). The summed E-state index contributed by atoms with van der Waals surface area (Å²) >= 11 is 0. The Labute approximate surface area is 85.3 Å². The van der Waals surface area contributed by atoms with Gasteiger partial charge in [0.2, 0.25) is 0 Å². The topological polar surface area (TPSA) is 91.3 Å². The zero-order chi connectivity index (χ0) is 11.1. The number of furan rings is 1. The first-order valence-electron chi connectivity index (χ1n) is 3.91. The zero-order valence-electron chi connectivity index (χ0n) is 7.34. The molecule has 2 aromatic rings. The first-order valence-corrected chi connectivity index (χ1v) is 5.35. The van der Waals surface area contributed by atoms with Gasteiger partial charge in [0.25, 0.3) is 10.1 Å². The van der Waals surface area contributed by atoms with Gasteiger partial charge in [-0.05, 0) is 18.2 Å². The second-order valence-electron chi connectivity index (χ2n) is 2.90. The van der Waals surface area contributed by atoms with Gasteiger partial charge in [0.1, 0.15) is 6.07 Å². The smallest absolute Gasteiger partial charge is 0.294 e. The largest absolute Gasteiger partial charge is 0.463 e. The summed E-state index contributed by atoms with van der Waals surface area (Å²) < 4.78 is 35.6. The minimum Gasteiger partial charge on any atom is -0.463 e. The molecule has 0 aliphatic carbocycles. The van der Waals surface area contributed by atoms with Gasteiger partial charge in [0.15, 0.2) is 5.58 Å². The maximum Gasteiger partial charge on any atom is 0.294 e. The van der Waals surface area contributed by atoms with Gasteiger partial charge in [-0.1, -0.05) is 0 Å². The molecule has 0 atom stereocenters. The zero-order valence-corrected chi connectivity index (χ0v) is 8.15. The quantitative estimate of drug-likeness (QED) is 0.740. The van der Waals surface area contributed by atoms with E-state index in [2.05, 4.69) is 0 Å². The molecule has 0 bridgehead atoms. The van der Waals surface area contributed by atoms with Crippen molar-refractivity contribution in [1.82, 2.24) is 0 Å². The van der Waals surface area contributed by atoms with Crippen LogP contribution in [-0.2, 0) is 10.1 Å². The fraction of sp³-hybridized carbons (Fsp3) is 0. The van der Waals surface area contributed by atoms with Gasteiger partial charge in [0, 0.05) is 5.39 Å². The van der Waals surface area contributed by atoms with Gasteiger partial charge in [-0.25, -0.2) is 0 Å². The molecular formula is C9H5NO4S. The fourth-order valence-corrected chi connectivity index (χ4v) is 1.83. The Morgan fingerprint density at radius 1 is 1.40 bits per heavy atom. The Morgan fingerprint density at radius 2 is 2.13 bits per heavy atom. The molecular weight excluding hydrogens is 218 g/mol. The van der Waals surface area contributed by atoms with Crippen molar-refractivity contribution in [3.63, 3.8) is 0 Å². The second kappa shape index (κ2) is 3.08.